The molecule has 3 nitrogen and oxygen atoms in total. The fourth-order valence-electron chi connectivity index (χ4n) is 1.85. The molecule has 1 unspecified atom stereocenters. The molecule has 1 aliphatic heterocycles. The zero-order valence-corrected chi connectivity index (χ0v) is 9.88. The third-order valence-corrected chi connectivity index (χ3v) is 2.72. The summed E-state index contributed by atoms with van der Waals surface area (Å²) < 4.78 is 49.4. The van der Waals surface area contributed by atoms with Gasteiger partial charge in [-0.2, -0.15) is 13.2 Å². The Balaban J connectivity index is 2.55. The standard InChI is InChI=1S/C12H14F3NO2/c1-7(16)8-5-10-11(18-4-2-3-17-10)6-9(8)12(13,14)15/h5-7H,2-4,16H2,1H3. The topological polar surface area (TPSA) is 44.5 Å². The number of ether oxygens (including phenoxy) is 2. The lowest BCUT2D eigenvalue weighted by Crippen LogP contribution is -2.15. The van der Waals surface area contributed by atoms with E-state index in [1.807, 2.05) is 0 Å². The first-order valence-corrected chi connectivity index (χ1v) is 5.66. The van der Waals surface area contributed by atoms with Crippen LogP contribution >= 0.6 is 0 Å². The van der Waals surface area contributed by atoms with Crippen LogP contribution in [0, 0.1) is 0 Å². The van der Waals surface area contributed by atoms with Gasteiger partial charge in [-0.15, -0.1) is 0 Å². The van der Waals surface area contributed by atoms with Crippen LogP contribution in [-0.2, 0) is 6.18 Å². The van der Waals surface area contributed by atoms with E-state index >= 15 is 0 Å². The van der Waals surface area contributed by atoms with Crippen molar-refractivity contribution in [3.8, 4) is 11.5 Å². The molecule has 100 valence electrons. The van der Waals surface area contributed by atoms with Crippen LogP contribution in [0.1, 0.15) is 30.5 Å². The highest BCUT2D eigenvalue weighted by atomic mass is 19.4. The molecule has 18 heavy (non-hydrogen) atoms. The van der Waals surface area contributed by atoms with E-state index < -0.39 is 17.8 Å². The van der Waals surface area contributed by atoms with Gasteiger partial charge in [-0.25, -0.2) is 0 Å². The minimum atomic E-state index is -4.45. The number of nitrogens with two attached hydrogens (primary N) is 1. The van der Waals surface area contributed by atoms with E-state index in [0.29, 0.717) is 25.4 Å². The lowest BCUT2D eigenvalue weighted by Gasteiger charge is -2.18. The normalized spacial score (nSPS) is 17.2. The van der Waals surface area contributed by atoms with Crippen LogP contribution in [0.3, 0.4) is 0 Å². The smallest absolute Gasteiger partial charge is 0.416 e. The third kappa shape index (κ3) is 2.53. The van der Waals surface area contributed by atoms with Gasteiger partial charge in [-0.1, -0.05) is 0 Å². The van der Waals surface area contributed by atoms with Crippen LogP contribution in [0.2, 0.25) is 0 Å². The van der Waals surface area contributed by atoms with E-state index in [0.717, 1.165) is 6.07 Å². The largest absolute Gasteiger partial charge is 0.490 e. The number of benzene rings is 1. The van der Waals surface area contributed by atoms with Crippen molar-refractivity contribution >= 4 is 0 Å². The summed E-state index contributed by atoms with van der Waals surface area (Å²) in [5, 5.41) is 0. The maximum atomic E-state index is 12.9. The first kappa shape index (κ1) is 13.0. The average molecular weight is 261 g/mol. The number of hydrogen-bond donors (Lipinski definition) is 1. The van der Waals surface area contributed by atoms with E-state index in [-0.39, 0.29) is 11.3 Å². The van der Waals surface area contributed by atoms with Gasteiger partial charge in [0.25, 0.3) is 0 Å². The van der Waals surface area contributed by atoms with Crippen LogP contribution in [0.5, 0.6) is 11.5 Å². The van der Waals surface area contributed by atoms with Gasteiger partial charge in [-0.05, 0) is 24.6 Å². The molecular weight excluding hydrogens is 247 g/mol. The van der Waals surface area contributed by atoms with Gasteiger partial charge in [0, 0.05) is 12.5 Å². The lowest BCUT2D eigenvalue weighted by atomic mass is 10.0. The molecular formula is C12H14F3NO2. The molecule has 1 atom stereocenters. The van der Waals surface area contributed by atoms with Crippen molar-refractivity contribution in [3.63, 3.8) is 0 Å². The van der Waals surface area contributed by atoms with Crippen molar-refractivity contribution < 1.29 is 22.6 Å². The van der Waals surface area contributed by atoms with E-state index in [9.17, 15) is 13.2 Å². The summed E-state index contributed by atoms with van der Waals surface area (Å²) in [6.07, 6.45) is -3.81. The van der Waals surface area contributed by atoms with Crippen molar-refractivity contribution in [1.82, 2.24) is 0 Å². The van der Waals surface area contributed by atoms with E-state index in [1.165, 1.54) is 13.0 Å². The Morgan fingerprint density at radius 1 is 1.17 bits per heavy atom. The van der Waals surface area contributed by atoms with Gasteiger partial charge in [0.1, 0.15) is 0 Å². The quantitative estimate of drug-likeness (QED) is 0.845. The second-order valence-electron chi connectivity index (χ2n) is 4.22. The number of fused-ring (bicyclic) bond motifs is 1. The fourth-order valence-corrected chi connectivity index (χ4v) is 1.85. The molecule has 1 aliphatic rings. The summed E-state index contributed by atoms with van der Waals surface area (Å²) >= 11 is 0. The van der Waals surface area contributed by atoms with E-state index in [2.05, 4.69) is 0 Å². The minimum Gasteiger partial charge on any atom is -0.490 e. The molecule has 1 aromatic rings. The highest BCUT2D eigenvalue weighted by Gasteiger charge is 2.35. The van der Waals surface area contributed by atoms with Crippen LogP contribution in [0.4, 0.5) is 13.2 Å². The number of halogens is 3. The minimum absolute atomic E-state index is 0.0201. The molecule has 0 fully saturated rings. The second kappa shape index (κ2) is 4.68. The molecule has 0 saturated heterocycles. The number of rotatable bonds is 1. The molecule has 0 aliphatic carbocycles. The van der Waals surface area contributed by atoms with Crippen molar-refractivity contribution in [3.05, 3.63) is 23.3 Å². The van der Waals surface area contributed by atoms with Crippen LogP contribution in [0.25, 0.3) is 0 Å². The SMILES string of the molecule is CC(N)c1cc2c(cc1C(F)(F)F)OCCCO2. The van der Waals surface area contributed by atoms with Crippen molar-refractivity contribution in [2.45, 2.75) is 25.6 Å². The third-order valence-electron chi connectivity index (χ3n) is 2.72. The Labute approximate surface area is 103 Å². The fraction of sp³-hybridized carbons (Fsp3) is 0.500. The molecule has 0 radical (unpaired) electrons. The molecule has 1 heterocycles. The molecule has 0 aromatic heterocycles. The maximum Gasteiger partial charge on any atom is 0.416 e. The van der Waals surface area contributed by atoms with Crippen LogP contribution < -0.4 is 15.2 Å². The molecule has 2 N–H and O–H groups in total. The summed E-state index contributed by atoms with van der Waals surface area (Å²) in [6, 6.07) is 1.58. The van der Waals surface area contributed by atoms with Crippen LogP contribution in [-0.4, -0.2) is 13.2 Å². The highest BCUT2D eigenvalue weighted by Crippen LogP contribution is 2.41. The lowest BCUT2D eigenvalue weighted by molar-refractivity contribution is -0.138. The summed E-state index contributed by atoms with van der Waals surface area (Å²) in [7, 11) is 0. The Hall–Kier alpha value is -1.43. The van der Waals surface area contributed by atoms with Gasteiger partial charge in [0.2, 0.25) is 0 Å². The summed E-state index contributed by atoms with van der Waals surface area (Å²) in [5.74, 6) is 0.456. The molecule has 0 saturated carbocycles. The van der Waals surface area contributed by atoms with Crippen molar-refractivity contribution in [2.75, 3.05) is 13.2 Å². The Kier molecular flexibility index (Phi) is 3.38. The number of hydrogen-bond acceptors (Lipinski definition) is 3. The molecule has 0 bridgehead atoms. The predicted octanol–water partition coefficient (Wildman–Crippen LogP) is 2.89. The molecule has 2 rings (SSSR count). The number of alkyl halides is 3. The van der Waals surface area contributed by atoms with Gasteiger partial charge in [0.05, 0.1) is 18.8 Å². The monoisotopic (exact) mass is 261 g/mol. The van der Waals surface area contributed by atoms with E-state index in [1.54, 1.807) is 0 Å². The average Bonchev–Trinajstić information content (AvgIpc) is 2.50. The molecule has 0 amide bonds. The van der Waals surface area contributed by atoms with Gasteiger partial charge in [0.15, 0.2) is 11.5 Å². The molecule has 0 spiro atoms. The predicted molar refractivity (Wildman–Crippen MR) is 59.7 cm³/mol. The Morgan fingerprint density at radius 3 is 2.22 bits per heavy atom. The van der Waals surface area contributed by atoms with Gasteiger partial charge in [-0.3, -0.25) is 0 Å². The maximum absolute atomic E-state index is 12.9. The van der Waals surface area contributed by atoms with Gasteiger partial charge >= 0.3 is 6.18 Å². The Bertz CT molecular complexity index is 444. The van der Waals surface area contributed by atoms with Crippen LogP contribution in [0.15, 0.2) is 12.1 Å². The molecule has 1 aromatic carbocycles. The summed E-state index contributed by atoms with van der Waals surface area (Å²) in [5.41, 5.74) is 4.84. The highest BCUT2D eigenvalue weighted by molar-refractivity contribution is 5.49. The van der Waals surface area contributed by atoms with Crippen molar-refractivity contribution in [2.24, 2.45) is 5.73 Å². The first-order chi connectivity index (χ1) is 8.39. The van der Waals surface area contributed by atoms with E-state index in [4.69, 9.17) is 15.2 Å². The molecule has 6 heteroatoms. The van der Waals surface area contributed by atoms with Gasteiger partial charge < -0.3 is 15.2 Å². The zero-order chi connectivity index (χ0) is 13.3. The zero-order valence-electron chi connectivity index (χ0n) is 9.88. The summed E-state index contributed by atoms with van der Waals surface area (Å²) in [6.45, 7) is 2.28. The Morgan fingerprint density at radius 2 is 1.72 bits per heavy atom. The van der Waals surface area contributed by atoms with Crippen molar-refractivity contribution in [1.29, 1.82) is 0 Å². The first-order valence-electron chi connectivity index (χ1n) is 5.66. The second-order valence-corrected chi connectivity index (χ2v) is 4.22. The summed E-state index contributed by atoms with van der Waals surface area (Å²) in [4.78, 5) is 0.